The fraction of sp³-hybridized carbons (Fsp3) is 0.440. The number of hydrogen-bond donors (Lipinski definition) is 1. The van der Waals surface area contributed by atoms with Gasteiger partial charge in [0.05, 0.1) is 0 Å². The molecular weight excluding hydrogens is 420 g/mol. The third-order valence-corrected chi connectivity index (χ3v) is 6.47. The highest BCUT2D eigenvalue weighted by Crippen LogP contribution is 2.35. The van der Waals surface area contributed by atoms with E-state index in [2.05, 4.69) is 34.5 Å². The molecule has 174 valence electrons. The summed E-state index contributed by atoms with van der Waals surface area (Å²) in [5.74, 6) is 1.26. The second-order valence-electron chi connectivity index (χ2n) is 8.79. The van der Waals surface area contributed by atoms with Crippen LogP contribution in [-0.4, -0.2) is 73.7 Å². The lowest BCUT2D eigenvalue weighted by Crippen LogP contribution is -2.47. The van der Waals surface area contributed by atoms with Gasteiger partial charge in [-0.05, 0) is 30.5 Å². The Bertz CT molecular complexity index is 991. The van der Waals surface area contributed by atoms with Crippen LogP contribution in [0.25, 0.3) is 0 Å². The van der Waals surface area contributed by atoms with Crippen molar-refractivity contribution in [1.82, 2.24) is 15.1 Å². The lowest BCUT2D eigenvalue weighted by atomic mass is 10.0. The molecular formula is C25H30N4O4. The van der Waals surface area contributed by atoms with Crippen molar-refractivity contribution < 1.29 is 19.1 Å². The smallest absolute Gasteiger partial charge is 0.325 e. The molecule has 0 spiro atoms. The van der Waals surface area contributed by atoms with Crippen LogP contribution < -0.4 is 19.7 Å². The standard InChI is InChI=1S/C25H30N4O4/c30-24(26-20-8-10-27(11-9-20)17-19-4-2-1-3-5-19)18-28-12-13-29(25(28)31)21-6-7-22-23(16-21)33-15-14-32-22/h1-7,16,20H,8-15,17-18H2,(H,26,30). The van der Waals surface area contributed by atoms with Crippen molar-refractivity contribution in [3.8, 4) is 11.5 Å². The third-order valence-electron chi connectivity index (χ3n) is 6.47. The van der Waals surface area contributed by atoms with Crippen molar-refractivity contribution in [1.29, 1.82) is 0 Å². The molecule has 5 rings (SSSR count). The molecule has 33 heavy (non-hydrogen) atoms. The van der Waals surface area contributed by atoms with Crippen LogP contribution in [0.3, 0.4) is 0 Å². The SMILES string of the molecule is O=C(CN1CCN(c2ccc3c(c2)OCCO3)C1=O)NC1CCN(Cc2ccccc2)CC1. The molecule has 3 heterocycles. The molecule has 3 aliphatic heterocycles. The highest BCUT2D eigenvalue weighted by atomic mass is 16.6. The maximum absolute atomic E-state index is 12.9. The Morgan fingerprint density at radius 1 is 0.939 bits per heavy atom. The van der Waals surface area contributed by atoms with E-state index in [0.29, 0.717) is 37.8 Å². The maximum Gasteiger partial charge on any atom is 0.325 e. The number of nitrogens with one attached hydrogen (secondary N) is 1. The van der Waals surface area contributed by atoms with Crippen LogP contribution in [0, 0.1) is 0 Å². The number of ether oxygens (including phenoxy) is 2. The van der Waals surface area contributed by atoms with Crippen LogP contribution in [-0.2, 0) is 11.3 Å². The Morgan fingerprint density at radius 3 is 2.48 bits per heavy atom. The summed E-state index contributed by atoms with van der Waals surface area (Å²) < 4.78 is 11.2. The van der Waals surface area contributed by atoms with Gasteiger partial charge in [0.25, 0.3) is 0 Å². The summed E-state index contributed by atoms with van der Waals surface area (Å²) in [6, 6.07) is 16.0. The number of likely N-dealkylation sites (tertiary alicyclic amines) is 1. The Morgan fingerprint density at radius 2 is 1.70 bits per heavy atom. The van der Waals surface area contributed by atoms with Crippen LogP contribution in [0.5, 0.6) is 11.5 Å². The summed E-state index contributed by atoms with van der Waals surface area (Å²) in [5.41, 5.74) is 2.08. The maximum atomic E-state index is 12.9. The van der Waals surface area contributed by atoms with Gasteiger partial charge in [-0.1, -0.05) is 30.3 Å². The van der Waals surface area contributed by atoms with Gasteiger partial charge in [0, 0.05) is 50.5 Å². The zero-order valence-corrected chi connectivity index (χ0v) is 18.7. The predicted molar refractivity (Wildman–Crippen MR) is 125 cm³/mol. The zero-order chi connectivity index (χ0) is 22.6. The number of fused-ring (bicyclic) bond motifs is 1. The number of hydrogen-bond acceptors (Lipinski definition) is 5. The molecule has 0 unspecified atom stereocenters. The van der Waals surface area contributed by atoms with E-state index in [1.54, 1.807) is 9.80 Å². The van der Waals surface area contributed by atoms with Crippen LogP contribution >= 0.6 is 0 Å². The topological polar surface area (TPSA) is 74.3 Å². The fourth-order valence-electron chi connectivity index (χ4n) is 4.69. The molecule has 2 aromatic carbocycles. The fourth-order valence-corrected chi connectivity index (χ4v) is 4.69. The normalized spacial score (nSPS) is 19.1. The van der Waals surface area contributed by atoms with Gasteiger partial charge in [0.1, 0.15) is 19.8 Å². The van der Waals surface area contributed by atoms with Crippen molar-refractivity contribution >= 4 is 17.6 Å². The second-order valence-corrected chi connectivity index (χ2v) is 8.79. The average molecular weight is 451 g/mol. The minimum atomic E-state index is -0.153. The largest absolute Gasteiger partial charge is 0.486 e. The van der Waals surface area contributed by atoms with E-state index >= 15 is 0 Å². The van der Waals surface area contributed by atoms with Gasteiger partial charge in [-0.3, -0.25) is 14.6 Å². The first-order valence-corrected chi connectivity index (χ1v) is 11.7. The summed E-state index contributed by atoms with van der Waals surface area (Å²) in [5, 5.41) is 3.13. The summed E-state index contributed by atoms with van der Waals surface area (Å²) >= 11 is 0. The van der Waals surface area contributed by atoms with Gasteiger partial charge in [0.2, 0.25) is 5.91 Å². The summed E-state index contributed by atoms with van der Waals surface area (Å²) in [6.45, 7) is 5.05. The molecule has 3 amide bonds. The van der Waals surface area contributed by atoms with Crippen molar-refractivity contribution in [3.63, 3.8) is 0 Å². The molecule has 0 atom stereocenters. The number of rotatable bonds is 6. The molecule has 2 aromatic rings. The summed E-state index contributed by atoms with van der Waals surface area (Å²) in [4.78, 5) is 31.3. The van der Waals surface area contributed by atoms with E-state index in [-0.39, 0.29) is 24.5 Å². The third kappa shape index (κ3) is 5.06. The van der Waals surface area contributed by atoms with Crippen molar-refractivity contribution in [2.75, 3.05) is 50.8 Å². The van der Waals surface area contributed by atoms with Crippen LogP contribution in [0.2, 0.25) is 0 Å². The van der Waals surface area contributed by atoms with Gasteiger partial charge in [-0.15, -0.1) is 0 Å². The molecule has 0 aromatic heterocycles. The number of benzene rings is 2. The van der Waals surface area contributed by atoms with Gasteiger partial charge in [0.15, 0.2) is 11.5 Å². The number of amides is 3. The number of urea groups is 1. The Balaban J connectivity index is 1.09. The number of anilines is 1. The van der Waals surface area contributed by atoms with Gasteiger partial charge in [-0.2, -0.15) is 0 Å². The van der Waals surface area contributed by atoms with E-state index in [1.165, 1.54) is 5.56 Å². The summed E-state index contributed by atoms with van der Waals surface area (Å²) in [6.07, 6.45) is 1.85. The van der Waals surface area contributed by atoms with Crippen LogP contribution in [0.1, 0.15) is 18.4 Å². The molecule has 0 saturated carbocycles. The van der Waals surface area contributed by atoms with E-state index in [4.69, 9.17) is 9.47 Å². The highest BCUT2D eigenvalue weighted by Gasteiger charge is 2.32. The first-order chi connectivity index (χ1) is 16.2. The number of nitrogens with zero attached hydrogens (tertiary/aromatic N) is 3. The lowest BCUT2D eigenvalue weighted by Gasteiger charge is -2.32. The molecule has 0 radical (unpaired) electrons. The first-order valence-electron chi connectivity index (χ1n) is 11.7. The lowest BCUT2D eigenvalue weighted by molar-refractivity contribution is -0.122. The van der Waals surface area contributed by atoms with E-state index in [9.17, 15) is 9.59 Å². The van der Waals surface area contributed by atoms with Crippen molar-refractivity contribution in [3.05, 3.63) is 54.1 Å². The monoisotopic (exact) mass is 450 g/mol. The van der Waals surface area contributed by atoms with Gasteiger partial charge < -0.3 is 19.7 Å². The quantitative estimate of drug-likeness (QED) is 0.732. The second kappa shape index (κ2) is 9.70. The molecule has 2 fully saturated rings. The summed E-state index contributed by atoms with van der Waals surface area (Å²) in [7, 11) is 0. The number of piperidine rings is 1. The molecule has 3 aliphatic rings. The van der Waals surface area contributed by atoms with Gasteiger partial charge >= 0.3 is 6.03 Å². The predicted octanol–water partition coefficient (Wildman–Crippen LogP) is 2.48. The number of carbonyl (C=O) groups excluding carboxylic acids is 2. The molecule has 1 N–H and O–H groups in total. The van der Waals surface area contributed by atoms with E-state index in [0.717, 1.165) is 38.2 Å². The Kier molecular flexibility index (Phi) is 6.35. The Hall–Kier alpha value is -3.26. The molecule has 0 bridgehead atoms. The minimum Gasteiger partial charge on any atom is -0.486 e. The van der Waals surface area contributed by atoms with Gasteiger partial charge in [-0.25, -0.2) is 4.79 Å². The zero-order valence-electron chi connectivity index (χ0n) is 18.7. The minimum absolute atomic E-state index is 0.0874. The molecule has 0 aliphatic carbocycles. The Labute approximate surface area is 194 Å². The van der Waals surface area contributed by atoms with Crippen LogP contribution in [0.4, 0.5) is 10.5 Å². The van der Waals surface area contributed by atoms with E-state index in [1.807, 2.05) is 24.3 Å². The average Bonchev–Trinajstić information content (AvgIpc) is 3.20. The molecule has 2 saturated heterocycles. The van der Waals surface area contributed by atoms with Crippen molar-refractivity contribution in [2.45, 2.75) is 25.4 Å². The van der Waals surface area contributed by atoms with Crippen molar-refractivity contribution in [2.24, 2.45) is 0 Å². The van der Waals surface area contributed by atoms with Crippen LogP contribution in [0.15, 0.2) is 48.5 Å². The highest BCUT2D eigenvalue weighted by molar-refractivity contribution is 5.96. The molecule has 8 heteroatoms. The van der Waals surface area contributed by atoms with E-state index < -0.39 is 0 Å². The first kappa shape index (κ1) is 21.6. The number of carbonyl (C=O) groups is 2. The molecule has 8 nitrogen and oxygen atoms in total.